The number of piperidine rings is 1. The molecule has 0 spiro atoms. The van der Waals surface area contributed by atoms with Gasteiger partial charge in [-0.3, -0.25) is 4.72 Å². The van der Waals surface area contributed by atoms with Gasteiger partial charge in [-0.05, 0) is 48.9 Å². The Bertz CT molecular complexity index is 963. The Balaban J connectivity index is 0.00000166. The highest BCUT2D eigenvalue weighted by Crippen LogP contribution is 2.40. The fraction of sp³-hybridized carbons (Fsp3) is 0.583. The van der Waals surface area contributed by atoms with Crippen molar-refractivity contribution in [2.45, 2.75) is 81.4 Å². The highest BCUT2D eigenvalue weighted by atomic mass is 32.3. The molecule has 2 heterocycles. The minimum atomic E-state index is -3.62. The maximum Gasteiger partial charge on any atom is 0.271 e. The molecule has 0 saturated carbocycles. The Hall–Kier alpha value is -1.18. The van der Waals surface area contributed by atoms with Gasteiger partial charge in [-0.25, -0.2) is 8.42 Å². The van der Waals surface area contributed by atoms with Gasteiger partial charge >= 0.3 is 0 Å². The lowest BCUT2D eigenvalue weighted by molar-refractivity contribution is 0.280. The molecule has 1 aromatic heterocycles. The van der Waals surface area contributed by atoms with Gasteiger partial charge in [-0.2, -0.15) is 0 Å². The summed E-state index contributed by atoms with van der Waals surface area (Å²) in [4.78, 5) is 2.33. The number of hydrogen-bond acceptors (Lipinski definition) is 5. The molecule has 0 amide bonds. The average molecular weight is 483 g/mol. The van der Waals surface area contributed by atoms with Crippen molar-refractivity contribution in [3.8, 4) is 0 Å². The van der Waals surface area contributed by atoms with Crippen LogP contribution in [0.4, 0.5) is 11.4 Å². The average Bonchev–Trinajstić information content (AvgIpc) is 3.12. The lowest BCUT2D eigenvalue weighted by Crippen LogP contribution is -2.38. The molecular formula is C24H38N2O2S3. The molecule has 1 aromatic carbocycles. The van der Waals surface area contributed by atoms with Crippen molar-refractivity contribution in [2.24, 2.45) is 5.41 Å². The quantitative estimate of drug-likeness (QED) is 0.451. The van der Waals surface area contributed by atoms with Gasteiger partial charge in [0, 0.05) is 17.8 Å². The second-order valence-electron chi connectivity index (χ2n) is 9.52. The third kappa shape index (κ3) is 7.16. The Labute approximate surface area is 197 Å². The molecule has 1 fully saturated rings. The number of hydrogen-bond donors (Lipinski definition) is 1. The van der Waals surface area contributed by atoms with E-state index in [1.165, 1.54) is 11.3 Å². The number of sulfonamides is 1. The van der Waals surface area contributed by atoms with Gasteiger partial charge in [0.25, 0.3) is 10.0 Å². The minimum absolute atomic E-state index is 0.0467. The number of aryl methyl sites for hydroxylation is 1. The van der Waals surface area contributed by atoms with Gasteiger partial charge in [0.05, 0.1) is 15.6 Å². The maximum absolute atomic E-state index is 13.1. The van der Waals surface area contributed by atoms with E-state index in [9.17, 15) is 8.42 Å². The Morgan fingerprint density at radius 3 is 2.26 bits per heavy atom. The van der Waals surface area contributed by atoms with Crippen molar-refractivity contribution in [3.63, 3.8) is 0 Å². The standard InChI is InChI=1S/C22H32N2O2S3.C2H6/c1-16-8-7-9-17(20(16)24-14-12-22(5,6)13-15-24)23-29(25,26)19-11-10-18(27-19)28-21(2,3)4;1-2/h7-11,23H,12-15H2,1-6H3;1-2H3. The molecular weight excluding hydrogens is 444 g/mol. The molecule has 1 aliphatic heterocycles. The van der Waals surface area contributed by atoms with Gasteiger partial charge in [0.2, 0.25) is 0 Å². The fourth-order valence-corrected chi connectivity index (χ4v) is 7.69. The van der Waals surface area contributed by atoms with Crippen LogP contribution in [0.2, 0.25) is 0 Å². The first kappa shape index (κ1) is 26.1. The molecule has 2 aromatic rings. The van der Waals surface area contributed by atoms with Crippen molar-refractivity contribution >= 4 is 44.5 Å². The molecule has 1 N–H and O–H groups in total. The lowest BCUT2D eigenvalue weighted by Gasteiger charge is -2.39. The number of nitrogens with zero attached hydrogens (tertiary/aromatic N) is 1. The van der Waals surface area contributed by atoms with Crippen LogP contribution in [0.5, 0.6) is 0 Å². The van der Waals surface area contributed by atoms with E-state index in [1.54, 1.807) is 17.8 Å². The predicted octanol–water partition coefficient (Wildman–Crippen LogP) is 7.40. The zero-order valence-corrected chi connectivity index (χ0v) is 22.7. The van der Waals surface area contributed by atoms with E-state index >= 15 is 0 Å². The summed E-state index contributed by atoms with van der Waals surface area (Å²) < 4.78 is 30.5. The topological polar surface area (TPSA) is 49.4 Å². The van der Waals surface area contributed by atoms with E-state index < -0.39 is 10.0 Å². The summed E-state index contributed by atoms with van der Waals surface area (Å²) >= 11 is 3.02. The van der Waals surface area contributed by atoms with E-state index in [4.69, 9.17) is 0 Å². The van der Waals surface area contributed by atoms with E-state index in [-0.39, 0.29) is 4.75 Å². The zero-order chi connectivity index (χ0) is 23.4. The first-order valence-electron chi connectivity index (χ1n) is 11.0. The number of para-hydroxylation sites is 1. The summed E-state index contributed by atoms with van der Waals surface area (Å²) in [5, 5.41) is 0. The van der Waals surface area contributed by atoms with Gasteiger partial charge in [-0.1, -0.05) is 60.6 Å². The second-order valence-corrected chi connectivity index (χ2v) is 14.6. The van der Waals surface area contributed by atoms with Crippen LogP contribution in [0, 0.1) is 12.3 Å². The number of benzene rings is 1. The number of rotatable bonds is 5. The second kappa shape index (κ2) is 10.2. The smallest absolute Gasteiger partial charge is 0.271 e. The molecule has 0 radical (unpaired) electrons. The van der Waals surface area contributed by atoms with Crippen molar-refractivity contribution < 1.29 is 8.42 Å². The molecule has 7 heteroatoms. The van der Waals surface area contributed by atoms with Crippen molar-refractivity contribution in [2.75, 3.05) is 22.7 Å². The van der Waals surface area contributed by atoms with E-state index in [0.29, 0.717) is 15.3 Å². The predicted molar refractivity (Wildman–Crippen MR) is 138 cm³/mol. The van der Waals surface area contributed by atoms with Crippen LogP contribution in [0.25, 0.3) is 0 Å². The van der Waals surface area contributed by atoms with Gasteiger partial charge < -0.3 is 4.90 Å². The molecule has 0 bridgehead atoms. The fourth-order valence-electron chi connectivity index (χ4n) is 3.50. The summed E-state index contributed by atoms with van der Waals surface area (Å²) in [5.41, 5.74) is 3.12. The third-order valence-electron chi connectivity index (χ3n) is 5.14. The number of nitrogens with one attached hydrogen (secondary N) is 1. The van der Waals surface area contributed by atoms with Crippen molar-refractivity contribution in [1.82, 2.24) is 0 Å². The first-order valence-corrected chi connectivity index (χ1v) is 14.1. The molecule has 174 valence electrons. The Morgan fingerprint density at radius 1 is 1.06 bits per heavy atom. The monoisotopic (exact) mass is 482 g/mol. The molecule has 4 nitrogen and oxygen atoms in total. The molecule has 1 saturated heterocycles. The van der Waals surface area contributed by atoms with Crippen LogP contribution >= 0.6 is 23.1 Å². The molecule has 0 atom stereocenters. The lowest BCUT2D eigenvalue weighted by atomic mass is 9.82. The summed E-state index contributed by atoms with van der Waals surface area (Å²) in [7, 11) is -3.62. The van der Waals surface area contributed by atoms with Crippen LogP contribution in [0.15, 0.2) is 38.8 Å². The molecule has 3 rings (SSSR count). The van der Waals surface area contributed by atoms with Crippen LogP contribution in [0.1, 0.15) is 66.9 Å². The molecule has 1 aliphatic rings. The summed E-state index contributed by atoms with van der Waals surface area (Å²) in [6.07, 6.45) is 2.21. The van der Waals surface area contributed by atoms with Gasteiger partial charge in [0.1, 0.15) is 4.21 Å². The number of anilines is 2. The first-order chi connectivity index (χ1) is 14.4. The largest absolute Gasteiger partial charge is 0.370 e. The summed E-state index contributed by atoms with van der Waals surface area (Å²) in [6, 6.07) is 9.45. The van der Waals surface area contributed by atoms with Crippen molar-refractivity contribution in [3.05, 3.63) is 35.9 Å². The maximum atomic E-state index is 13.1. The Kier molecular flexibility index (Phi) is 8.56. The third-order valence-corrected chi connectivity index (χ3v) is 9.33. The van der Waals surface area contributed by atoms with Crippen LogP contribution < -0.4 is 9.62 Å². The van der Waals surface area contributed by atoms with Crippen LogP contribution in [-0.4, -0.2) is 26.3 Å². The normalized spacial score (nSPS) is 16.5. The highest BCUT2D eigenvalue weighted by molar-refractivity contribution is 8.03. The SMILES string of the molecule is CC.Cc1cccc(NS(=O)(=O)c2ccc(SC(C)(C)C)s2)c1N1CCC(C)(C)CC1. The molecule has 0 unspecified atom stereocenters. The summed E-state index contributed by atoms with van der Waals surface area (Å²) in [5.74, 6) is 0. The van der Waals surface area contributed by atoms with Crippen LogP contribution in [0.3, 0.4) is 0 Å². The number of thioether (sulfide) groups is 1. The van der Waals surface area contributed by atoms with E-state index in [1.807, 2.05) is 32.0 Å². The molecule has 0 aliphatic carbocycles. The summed E-state index contributed by atoms with van der Waals surface area (Å²) in [6.45, 7) is 18.9. The van der Waals surface area contributed by atoms with Crippen LogP contribution in [-0.2, 0) is 10.0 Å². The molecule has 31 heavy (non-hydrogen) atoms. The minimum Gasteiger partial charge on any atom is -0.370 e. The highest BCUT2D eigenvalue weighted by Gasteiger charge is 2.28. The van der Waals surface area contributed by atoms with E-state index in [0.717, 1.165) is 41.4 Å². The van der Waals surface area contributed by atoms with E-state index in [2.05, 4.69) is 57.2 Å². The van der Waals surface area contributed by atoms with Gasteiger partial charge in [0.15, 0.2) is 0 Å². The Morgan fingerprint density at radius 2 is 1.68 bits per heavy atom. The van der Waals surface area contributed by atoms with Crippen molar-refractivity contribution in [1.29, 1.82) is 0 Å². The zero-order valence-electron chi connectivity index (χ0n) is 20.2. The van der Waals surface area contributed by atoms with Gasteiger partial charge in [-0.15, -0.1) is 23.1 Å². The number of thiophene rings is 1.